The van der Waals surface area contributed by atoms with Crippen LogP contribution in [0.25, 0.3) is 0 Å². The van der Waals surface area contributed by atoms with Gasteiger partial charge in [-0.2, -0.15) is 0 Å². The first-order valence-corrected chi connectivity index (χ1v) is 6.48. The summed E-state index contributed by atoms with van der Waals surface area (Å²) in [6.45, 7) is 3.94. The van der Waals surface area contributed by atoms with Gasteiger partial charge in [-0.05, 0) is 24.6 Å². The van der Waals surface area contributed by atoms with Gasteiger partial charge < -0.3 is 14.6 Å². The molecule has 0 fully saturated rings. The Balaban J connectivity index is 2.60. The van der Waals surface area contributed by atoms with Gasteiger partial charge in [0.1, 0.15) is 15.3 Å². The maximum absolute atomic E-state index is 9.67. The summed E-state index contributed by atoms with van der Waals surface area (Å²) in [5, 5.41) is 10.6. The molecule has 1 aromatic rings. The van der Waals surface area contributed by atoms with Gasteiger partial charge in [0.2, 0.25) is 0 Å². The van der Waals surface area contributed by atoms with Crippen LogP contribution < -0.4 is 5.19 Å². The summed E-state index contributed by atoms with van der Waals surface area (Å²) in [6, 6.07) is 7.38. The molecule has 0 spiro atoms. The number of aromatic hydroxyl groups is 1. The minimum absolute atomic E-state index is 0.100. The highest BCUT2D eigenvalue weighted by Crippen LogP contribution is 2.07. The highest BCUT2D eigenvalue weighted by Gasteiger charge is 2.14. The number of benzene rings is 1. The first-order valence-electron chi connectivity index (χ1n) is 5.40. The van der Waals surface area contributed by atoms with Gasteiger partial charge in [0, 0.05) is 7.11 Å². The summed E-state index contributed by atoms with van der Waals surface area (Å²) in [4.78, 5) is 0. The van der Waals surface area contributed by atoms with Crippen molar-refractivity contribution < 1.29 is 14.6 Å². The largest absolute Gasteiger partial charge is 0.508 e. The molecule has 0 aromatic heterocycles. The summed E-state index contributed by atoms with van der Waals surface area (Å²) in [6.07, 6.45) is 0.698. The van der Waals surface area contributed by atoms with Crippen LogP contribution in [0.2, 0.25) is 0 Å². The fourth-order valence-electron chi connectivity index (χ4n) is 1.29. The van der Waals surface area contributed by atoms with Crippen LogP contribution in [0.5, 0.6) is 5.75 Å². The van der Waals surface area contributed by atoms with Gasteiger partial charge in [0.15, 0.2) is 6.29 Å². The predicted octanol–water partition coefficient (Wildman–Crippen LogP) is 1.47. The van der Waals surface area contributed by atoms with Crippen molar-refractivity contribution in [3.8, 4) is 5.75 Å². The molecule has 0 aliphatic carbocycles. The van der Waals surface area contributed by atoms with Crippen LogP contribution in [0.15, 0.2) is 24.3 Å². The number of methoxy groups -OCH3 is 1. The molecule has 2 radical (unpaired) electrons. The van der Waals surface area contributed by atoms with Crippen LogP contribution in [0.4, 0.5) is 0 Å². The monoisotopic (exact) mass is 238 g/mol. The van der Waals surface area contributed by atoms with E-state index in [0.717, 1.165) is 11.6 Å². The third kappa shape index (κ3) is 3.96. The van der Waals surface area contributed by atoms with E-state index in [1.165, 1.54) is 0 Å². The number of hydrogen-bond acceptors (Lipinski definition) is 3. The highest BCUT2D eigenvalue weighted by atomic mass is 28.2. The molecule has 2 atom stereocenters. The van der Waals surface area contributed by atoms with E-state index in [1.807, 2.05) is 25.1 Å². The van der Waals surface area contributed by atoms with Crippen molar-refractivity contribution in [3.05, 3.63) is 24.3 Å². The third-order valence-electron chi connectivity index (χ3n) is 2.28. The maximum atomic E-state index is 9.67. The molecule has 1 rings (SSSR count). The van der Waals surface area contributed by atoms with Crippen LogP contribution in [-0.4, -0.2) is 33.8 Å². The first kappa shape index (κ1) is 13.2. The lowest BCUT2D eigenvalue weighted by atomic mass is 10.3. The fourth-order valence-corrected chi connectivity index (χ4v) is 2.52. The molecule has 0 bridgehead atoms. The van der Waals surface area contributed by atoms with E-state index in [-0.39, 0.29) is 12.0 Å². The fraction of sp³-hybridized carbons (Fsp3) is 0.500. The smallest absolute Gasteiger partial charge is 0.154 e. The predicted molar refractivity (Wildman–Crippen MR) is 65.1 cm³/mol. The van der Waals surface area contributed by atoms with Crippen LogP contribution in [-0.2, 0) is 9.47 Å². The zero-order valence-electron chi connectivity index (χ0n) is 9.93. The zero-order chi connectivity index (χ0) is 12.0. The molecule has 88 valence electrons. The second-order valence-corrected chi connectivity index (χ2v) is 4.97. The van der Waals surface area contributed by atoms with E-state index in [2.05, 4.69) is 6.92 Å². The average molecular weight is 238 g/mol. The van der Waals surface area contributed by atoms with E-state index < -0.39 is 0 Å². The van der Waals surface area contributed by atoms with Crippen molar-refractivity contribution in [1.82, 2.24) is 0 Å². The lowest BCUT2D eigenvalue weighted by Gasteiger charge is -2.20. The zero-order valence-corrected chi connectivity index (χ0v) is 10.9. The highest BCUT2D eigenvalue weighted by molar-refractivity contribution is 6.55. The molecule has 16 heavy (non-hydrogen) atoms. The van der Waals surface area contributed by atoms with Gasteiger partial charge in [-0.25, -0.2) is 0 Å². The van der Waals surface area contributed by atoms with Gasteiger partial charge in [0.25, 0.3) is 0 Å². The number of rotatable bonds is 6. The standard InChI is InChI=1S/C12H18O3Si/c1-4-12(15-9(2)14-3)16-11-8-6-5-7-10(11)13/h5-9,12-13H,4H2,1-3H3. The normalized spacial score (nSPS) is 14.7. The van der Waals surface area contributed by atoms with Crippen LogP contribution in [0, 0.1) is 0 Å². The van der Waals surface area contributed by atoms with Crippen LogP contribution in [0.1, 0.15) is 20.3 Å². The molecule has 0 amide bonds. The SMILES string of the molecule is CCC(OC(C)OC)[Si]c1ccccc1O. The van der Waals surface area contributed by atoms with Crippen molar-refractivity contribution in [2.45, 2.75) is 32.3 Å². The minimum atomic E-state index is -0.205. The Morgan fingerprint density at radius 2 is 2.06 bits per heavy atom. The summed E-state index contributed by atoms with van der Waals surface area (Å²) in [7, 11) is 2.06. The summed E-state index contributed by atoms with van der Waals surface area (Å²) in [5.41, 5.74) is 0.100. The lowest BCUT2D eigenvalue weighted by molar-refractivity contribution is -0.123. The van der Waals surface area contributed by atoms with E-state index in [0.29, 0.717) is 15.3 Å². The molecule has 0 saturated carbocycles. The van der Waals surface area contributed by atoms with E-state index in [1.54, 1.807) is 13.2 Å². The maximum Gasteiger partial charge on any atom is 0.154 e. The number of ether oxygens (including phenoxy) is 2. The Kier molecular flexibility index (Phi) is 5.52. The van der Waals surface area contributed by atoms with Gasteiger partial charge in [-0.3, -0.25) is 0 Å². The second-order valence-electron chi connectivity index (χ2n) is 3.50. The van der Waals surface area contributed by atoms with Gasteiger partial charge in [-0.1, -0.05) is 25.1 Å². The second kappa shape index (κ2) is 6.68. The quantitative estimate of drug-likeness (QED) is 0.602. The molecule has 3 nitrogen and oxygen atoms in total. The van der Waals surface area contributed by atoms with E-state index in [9.17, 15) is 5.11 Å². The van der Waals surface area contributed by atoms with Gasteiger partial charge in [0.05, 0.1) is 5.73 Å². The Morgan fingerprint density at radius 1 is 1.38 bits per heavy atom. The summed E-state index contributed by atoms with van der Waals surface area (Å²) >= 11 is 0. The number of hydrogen-bond donors (Lipinski definition) is 1. The molecule has 0 aliphatic heterocycles. The van der Waals surface area contributed by atoms with Crippen molar-refractivity contribution in [2.75, 3.05) is 7.11 Å². The molecule has 4 heteroatoms. The Labute approximate surface area is 99.2 Å². The Hall–Kier alpha value is -0.843. The molecule has 2 unspecified atom stereocenters. The molecular weight excluding hydrogens is 220 g/mol. The van der Waals surface area contributed by atoms with Crippen molar-refractivity contribution in [1.29, 1.82) is 0 Å². The van der Waals surface area contributed by atoms with Crippen molar-refractivity contribution in [2.24, 2.45) is 0 Å². The molecule has 1 aromatic carbocycles. The molecular formula is C12H18O3Si. The molecule has 0 heterocycles. The number of para-hydroxylation sites is 1. The molecule has 1 N–H and O–H groups in total. The van der Waals surface area contributed by atoms with Gasteiger partial charge >= 0.3 is 0 Å². The summed E-state index contributed by atoms with van der Waals surface area (Å²) in [5.74, 6) is 0.341. The minimum Gasteiger partial charge on any atom is -0.508 e. The van der Waals surface area contributed by atoms with Crippen molar-refractivity contribution in [3.63, 3.8) is 0 Å². The first-order chi connectivity index (χ1) is 7.67. The van der Waals surface area contributed by atoms with E-state index >= 15 is 0 Å². The average Bonchev–Trinajstić information content (AvgIpc) is 2.30. The lowest BCUT2D eigenvalue weighted by Crippen LogP contribution is -2.33. The topological polar surface area (TPSA) is 38.7 Å². The van der Waals surface area contributed by atoms with Gasteiger partial charge in [-0.15, -0.1) is 0 Å². The van der Waals surface area contributed by atoms with Crippen molar-refractivity contribution >= 4 is 14.7 Å². The van der Waals surface area contributed by atoms with Crippen LogP contribution in [0.3, 0.4) is 0 Å². The third-order valence-corrected chi connectivity index (χ3v) is 3.88. The summed E-state index contributed by atoms with van der Waals surface area (Å²) < 4.78 is 10.8. The molecule has 0 saturated heterocycles. The Bertz CT molecular complexity index is 317. The van der Waals surface area contributed by atoms with Crippen LogP contribution >= 0.6 is 0 Å². The Morgan fingerprint density at radius 3 is 2.62 bits per heavy atom. The van der Waals surface area contributed by atoms with E-state index in [4.69, 9.17) is 9.47 Å². The molecule has 0 aliphatic rings. The number of phenolic OH excluding ortho intramolecular Hbond substituents is 1. The number of phenols is 1.